The topological polar surface area (TPSA) is 57.5 Å². The summed E-state index contributed by atoms with van der Waals surface area (Å²) in [4.78, 5) is 9.37. The number of hydrogen-bond acceptors (Lipinski definition) is 2. The molecule has 0 fully saturated rings. The van der Waals surface area contributed by atoms with Gasteiger partial charge in [0, 0.05) is 6.42 Å². The van der Waals surface area contributed by atoms with E-state index >= 15 is 0 Å². The normalized spacial score (nSPS) is 9.90. The fourth-order valence-electron chi connectivity index (χ4n) is 2.05. The van der Waals surface area contributed by atoms with Gasteiger partial charge < -0.3 is 10.2 Å². The molecule has 21 heavy (non-hydrogen) atoms. The Labute approximate surface area is 129 Å². The summed E-state index contributed by atoms with van der Waals surface area (Å²) in [5.41, 5.74) is 3.54. The number of carboxylic acid groups (broad SMARTS) is 1. The van der Waals surface area contributed by atoms with Crippen molar-refractivity contribution in [1.29, 1.82) is 0 Å². The molecule has 0 amide bonds. The molecule has 0 radical (unpaired) electrons. The Hall–Kier alpha value is -1.51. The number of phenolic OH excluding ortho intramolecular Hbond substituents is 1. The maximum absolute atomic E-state index is 10.2. The predicted octanol–water partition coefficient (Wildman–Crippen LogP) is 4.87. The molecule has 1 aromatic rings. The smallest absolute Gasteiger partial charge is 0.303 e. The molecule has 0 aliphatic carbocycles. The maximum Gasteiger partial charge on any atom is 0.303 e. The minimum Gasteiger partial charge on any atom is -0.507 e. The fraction of sp³-hybridized carbons (Fsp3) is 0.611. The first-order valence-electron chi connectivity index (χ1n) is 7.99. The summed E-state index contributed by atoms with van der Waals surface area (Å²) in [6, 6.07) is 4.25. The molecular formula is C18H30O3. The summed E-state index contributed by atoms with van der Waals surface area (Å²) in [5.74, 6) is -0.197. The molecule has 0 aromatic heterocycles. The van der Waals surface area contributed by atoms with Gasteiger partial charge in [-0.15, -0.1) is 0 Å². The zero-order valence-electron chi connectivity index (χ0n) is 13.9. The Balaban J connectivity index is 0.000000690. The van der Waals surface area contributed by atoms with Gasteiger partial charge in [-0.2, -0.15) is 0 Å². The second kappa shape index (κ2) is 11.2. The Morgan fingerprint density at radius 3 is 1.67 bits per heavy atom. The van der Waals surface area contributed by atoms with Gasteiger partial charge >= 0.3 is 5.97 Å². The average molecular weight is 294 g/mol. The summed E-state index contributed by atoms with van der Waals surface area (Å²) in [6.07, 6.45) is 6.90. The first-order chi connectivity index (χ1) is 9.96. The summed E-state index contributed by atoms with van der Waals surface area (Å²) < 4.78 is 0. The minimum absolute atomic E-state index is 0.222. The highest BCUT2D eigenvalue weighted by Crippen LogP contribution is 2.27. The lowest BCUT2D eigenvalue weighted by Gasteiger charge is -2.11. The van der Waals surface area contributed by atoms with Crippen LogP contribution in [-0.2, 0) is 17.6 Å². The molecule has 0 heterocycles. The molecular weight excluding hydrogens is 264 g/mol. The maximum atomic E-state index is 10.2. The molecule has 0 unspecified atom stereocenters. The molecule has 0 saturated heterocycles. The number of benzene rings is 1. The first kappa shape index (κ1) is 19.5. The molecule has 3 nitrogen and oxygen atoms in total. The van der Waals surface area contributed by atoms with Crippen LogP contribution >= 0.6 is 0 Å². The van der Waals surface area contributed by atoms with Crippen molar-refractivity contribution >= 4 is 5.97 Å². The van der Waals surface area contributed by atoms with Crippen molar-refractivity contribution in [3.8, 4) is 5.75 Å². The van der Waals surface area contributed by atoms with Crippen molar-refractivity contribution < 1.29 is 15.0 Å². The molecule has 0 aliphatic rings. The van der Waals surface area contributed by atoms with Gasteiger partial charge in [0.25, 0.3) is 0 Å². The Bertz CT molecular complexity index is 395. The SMILES string of the molecule is CCC(=O)O.CCCCc1cc(C)cc(CCCC)c1O. The highest BCUT2D eigenvalue weighted by Gasteiger charge is 2.07. The van der Waals surface area contributed by atoms with Gasteiger partial charge in [0.05, 0.1) is 0 Å². The van der Waals surface area contributed by atoms with Crippen molar-refractivity contribution in [1.82, 2.24) is 0 Å². The van der Waals surface area contributed by atoms with Gasteiger partial charge in [-0.3, -0.25) is 4.79 Å². The summed E-state index contributed by atoms with van der Waals surface area (Å²) in [6.45, 7) is 8.09. The molecule has 1 aromatic carbocycles. The predicted molar refractivity (Wildman–Crippen MR) is 88.0 cm³/mol. The van der Waals surface area contributed by atoms with Crippen LogP contribution in [0.1, 0.15) is 69.6 Å². The number of hydrogen-bond donors (Lipinski definition) is 2. The molecule has 0 spiro atoms. The number of rotatable bonds is 7. The number of carbonyl (C=O) groups is 1. The highest BCUT2D eigenvalue weighted by atomic mass is 16.4. The summed E-state index contributed by atoms with van der Waals surface area (Å²) in [7, 11) is 0. The van der Waals surface area contributed by atoms with E-state index in [1.807, 2.05) is 0 Å². The molecule has 0 bridgehead atoms. The summed E-state index contributed by atoms with van der Waals surface area (Å²) >= 11 is 0. The lowest BCUT2D eigenvalue weighted by Crippen LogP contribution is -1.94. The van der Waals surface area contributed by atoms with Crippen LogP contribution in [0.5, 0.6) is 5.75 Å². The number of aryl methyl sites for hydroxylation is 3. The molecule has 3 heteroatoms. The quantitative estimate of drug-likeness (QED) is 0.754. The average Bonchev–Trinajstić information content (AvgIpc) is 2.46. The zero-order chi connectivity index (χ0) is 16.3. The van der Waals surface area contributed by atoms with Crippen LogP contribution in [0.3, 0.4) is 0 Å². The fourth-order valence-corrected chi connectivity index (χ4v) is 2.05. The van der Waals surface area contributed by atoms with E-state index in [9.17, 15) is 9.90 Å². The number of aliphatic carboxylic acids is 1. The lowest BCUT2D eigenvalue weighted by atomic mass is 9.97. The van der Waals surface area contributed by atoms with Gasteiger partial charge in [-0.05, 0) is 43.7 Å². The Kier molecular flexibility index (Phi) is 10.4. The molecule has 120 valence electrons. The molecule has 2 N–H and O–H groups in total. The third-order valence-corrected chi connectivity index (χ3v) is 3.31. The van der Waals surface area contributed by atoms with Gasteiger partial charge in [-0.25, -0.2) is 0 Å². The number of aromatic hydroxyl groups is 1. The van der Waals surface area contributed by atoms with Crippen molar-refractivity contribution in [2.45, 2.75) is 72.6 Å². The van der Waals surface area contributed by atoms with E-state index in [0.717, 1.165) is 36.8 Å². The monoisotopic (exact) mass is 294 g/mol. The van der Waals surface area contributed by atoms with Gasteiger partial charge in [0.1, 0.15) is 5.75 Å². The standard InChI is InChI=1S/C15H24O.C3H6O2/c1-4-6-8-13-10-12(3)11-14(15(13)16)9-7-5-2;1-2-3(4)5/h10-11,16H,4-9H2,1-3H3;2H2,1H3,(H,4,5). The van der Waals surface area contributed by atoms with E-state index < -0.39 is 5.97 Å². The van der Waals surface area contributed by atoms with E-state index in [0.29, 0.717) is 5.75 Å². The lowest BCUT2D eigenvalue weighted by molar-refractivity contribution is -0.136. The van der Waals surface area contributed by atoms with Crippen LogP contribution in [0.15, 0.2) is 12.1 Å². The third kappa shape index (κ3) is 8.38. The van der Waals surface area contributed by atoms with Crippen molar-refractivity contribution in [3.05, 3.63) is 28.8 Å². The highest BCUT2D eigenvalue weighted by molar-refractivity contribution is 5.66. The molecule has 0 atom stereocenters. The van der Waals surface area contributed by atoms with E-state index in [4.69, 9.17) is 5.11 Å². The van der Waals surface area contributed by atoms with Crippen LogP contribution in [0, 0.1) is 6.92 Å². The van der Waals surface area contributed by atoms with E-state index in [1.165, 1.54) is 18.4 Å². The Morgan fingerprint density at radius 2 is 1.38 bits per heavy atom. The van der Waals surface area contributed by atoms with Crippen LogP contribution in [-0.4, -0.2) is 16.2 Å². The van der Waals surface area contributed by atoms with Crippen LogP contribution in [0.2, 0.25) is 0 Å². The first-order valence-corrected chi connectivity index (χ1v) is 7.99. The number of phenols is 1. The molecule has 0 saturated carbocycles. The van der Waals surface area contributed by atoms with Crippen LogP contribution in [0.25, 0.3) is 0 Å². The van der Waals surface area contributed by atoms with Gasteiger partial charge in [0.15, 0.2) is 0 Å². The van der Waals surface area contributed by atoms with E-state index in [2.05, 4.69) is 32.9 Å². The van der Waals surface area contributed by atoms with E-state index in [1.54, 1.807) is 6.92 Å². The van der Waals surface area contributed by atoms with E-state index in [-0.39, 0.29) is 6.42 Å². The second-order valence-electron chi connectivity index (χ2n) is 5.39. The zero-order valence-corrected chi connectivity index (χ0v) is 13.9. The molecule has 0 aliphatic heterocycles. The number of unbranched alkanes of at least 4 members (excludes halogenated alkanes) is 2. The second-order valence-corrected chi connectivity index (χ2v) is 5.39. The van der Waals surface area contributed by atoms with Crippen molar-refractivity contribution in [2.75, 3.05) is 0 Å². The third-order valence-electron chi connectivity index (χ3n) is 3.31. The van der Waals surface area contributed by atoms with Crippen molar-refractivity contribution in [3.63, 3.8) is 0 Å². The molecule has 1 rings (SSSR count). The van der Waals surface area contributed by atoms with Crippen LogP contribution in [0.4, 0.5) is 0 Å². The van der Waals surface area contributed by atoms with Gasteiger partial charge in [-0.1, -0.05) is 51.3 Å². The van der Waals surface area contributed by atoms with Crippen LogP contribution < -0.4 is 0 Å². The minimum atomic E-state index is -0.745. The summed E-state index contributed by atoms with van der Waals surface area (Å²) in [5, 5.41) is 17.9. The number of carboxylic acids is 1. The largest absolute Gasteiger partial charge is 0.507 e. The van der Waals surface area contributed by atoms with Gasteiger partial charge in [0.2, 0.25) is 0 Å². The Morgan fingerprint density at radius 1 is 1.00 bits per heavy atom. The van der Waals surface area contributed by atoms with Crippen molar-refractivity contribution in [2.24, 2.45) is 0 Å².